The maximum atomic E-state index is 11.4. The molecule has 0 radical (unpaired) electrons. The lowest BCUT2D eigenvalue weighted by Crippen LogP contribution is -2.04. The lowest BCUT2D eigenvalue weighted by atomic mass is 10.1. The summed E-state index contributed by atoms with van der Waals surface area (Å²) in [4.78, 5) is 12.6. The molecule has 0 saturated heterocycles. The van der Waals surface area contributed by atoms with Gasteiger partial charge in [0.05, 0.1) is 3.79 Å². The molecule has 1 rings (SSSR count). The quantitative estimate of drug-likeness (QED) is 0.812. The summed E-state index contributed by atoms with van der Waals surface area (Å²) < 4.78 is 1.09. The number of nitrogens with two attached hydrogens (primary N) is 1. The number of halogens is 1. The highest BCUT2D eigenvalue weighted by Crippen LogP contribution is 2.22. The van der Waals surface area contributed by atoms with Crippen LogP contribution in [0.3, 0.4) is 0 Å². The molecule has 14 heavy (non-hydrogen) atoms. The number of Topliss-reactive ketones (excluding diaryl/α,β-unsaturated/α-hetero) is 1. The Hall–Kier alpha value is -0.190. The second kappa shape index (κ2) is 6.32. The van der Waals surface area contributed by atoms with Crippen molar-refractivity contribution < 1.29 is 4.79 Å². The Bertz CT molecular complexity index is 298. The second-order valence-electron chi connectivity index (χ2n) is 3.17. The molecule has 78 valence electrons. The molecule has 0 amide bonds. The Balaban J connectivity index is 2.27. The van der Waals surface area contributed by atoms with Crippen LogP contribution in [0.5, 0.6) is 0 Å². The Morgan fingerprint density at radius 2 is 2.21 bits per heavy atom. The smallest absolute Gasteiger partial charge is 0.138 e. The van der Waals surface area contributed by atoms with Gasteiger partial charge in [0.15, 0.2) is 0 Å². The molecule has 0 aliphatic rings. The number of carbonyl (C=O) groups is 1. The molecule has 0 atom stereocenters. The minimum atomic E-state index is 0.313. The first-order valence-electron chi connectivity index (χ1n) is 4.68. The molecule has 0 aliphatic heterocycles. The predicted octanol–water partition coefficient (Wildman–Crippen LogP) is 2.75. The Kier molecular flexibility index (Phi) is 5.37. The summed E-state index contributed by atoms with van der Waals surface area (Å²) in [6.07, 6.45) is 3.09. The zero-order valence-corrected chi connectivity index (χ0v) is 10.4. The van der Waals surface area contributed by atoms with E-state index in [4.69, 9.17) is 5.73 Å². The summed E-state index contributed by atoms with van der Waals surface area (Å²) in [5.74, 6) is 0.313. The van der Waals surface area contributed by atoms with Crippen molar-refractivity contribution >= 4 is 33.0 Å². The molecule has 0 aliphatic carbocycles. The number of rotatable bonds is 6. The maximum Gasteiger partial charge on any atom is 0.138 e. The molecule has 1 heterocycles. The van der Waals surface area contributed by atoms with Gasteiger partial charge >= 0.3 is 0 Å². The fraction of sp³-hybridized carbons (Fsp3) is 0.500. The van der Waals surface area contributed by atoms with Gasteiger partial charge in [-0.05, 0) is 47.4 Å². The molecular formula is C10H14BrNOS. The van der Waals surface area contributed by atoms with Gasteiger partial charge in [0, 0.05) is 17.7 Å². The van der Waals surface area contributed by atoms with Crippen LogP contribution in [0, 0.1) is 0 Å². The number of unbranched alkanes of at least 4 members (excludes halogenated alkanes) is 1. The highest BCUT2D eigenvalue weighted by molar-refractivity contribution is 9.11. The zero-order chi connectivity index (χ0) is 10.4. The van der Waals surface area contributed by atoms with Crippen LogP contribution in [0.2, 0.25) is 0 Å². The summed E-state index contributed by atoms with van der Waals surface area (Å²) >= 11 is 5.00. The monoisotopic (exact) mass is 275 g/mol. The minimum Gasteiger partial charge on any atom is -0.330 e. The molecule has 4 heteroatoms. The van der Waals surface area contributed by atoms with Crippen LogP contribution in [-0.4, -0.2) is 12.3 Å². The summed E-state index contributed by atoms with van der Waals surface area (Å²) in [5, 5.41) is 0. The van der Waals surface area contributed by atoms with Gasteiger partial charge in [0.1, 0.15) is 5.78 Å². The second-order valence-corrected chi connectivity index (χ2v) is 5.71. The highest BCUT2D eigenvalue weighted by Gasteiger charge is 2.05. The van der Waals surface area contributed by atoms with Gasteiger partial charge in [-0.2, -0.15) is 0 Å². The van der Waals surface area contributed by atoms with Crippen LogP contribution in [0.4, 0.5) is 0 Å². The molecule has 0 spiro atoms. The largest absolute Gasteiger partial charge is 0.330 e. The van der Waals surface area contributed by atoms with Crippen molar-refractivity contribution in [3.05, 3.63) is 20.8 Å². The average molecular weight is 276 g/mol. The van der Waals surface area contributed by atoms with Crippen LogP contribution >= 0.6 is 27.3 Å². The molecule has 2 nitrogen and oxygen atoms in total. The zero-order valence-electron chi connectivity index (χ0n) is 7.96. The molecule has 2 N–H and O–H groups in total. The maximum absolute atomic E-state index is 11.4. The lowest BCUT2D eigenvalue weighted by Gasteiger charge is -1.97. The molecule has 0 unspecified atom stereocenters. The van der Waals surface area contributed by atoms with E-state index < -0.39 is 0 Å². The van der Waals surface area contributed by atoms with E-state index in [1.54, 1.807) is 11.3 Å². The first-order valence-corrected chi connectivity index (χ1v) is 6.29. The SMILES string of the molecule is NCCCCC(=O)Cc1ccc(Br)s1. The standard InChI is InChI=1S/C10H14BrNOS/c11-10-5-4-9(14-10)7-8(13)3-1-2-6-12/h4-5H,1-3,6-7,12H2. The van der Waals surface area contributed by atoms with Crippen LogP contribution in [0.1, 0.15) is 24.1 Å². The van der Waals surface area contributed by atoms with Crippen molar-refractivity contribution in [2.24, 2.45) is 5.73 Å². The normalized spacial score (nSPS) is 10.4. The minimum absolute atomic E-state index is 0.313. The molecule has 0 bridgehead atoms. The van der Waals surface area contributed by atoms with Crippen molar-refractivity contribution in [1.82, 2.24) is 0 Å². The van der Waals surface area contributed by atoms with Gasteiger partial charge in [0.25, 0.3) is 0 Å². The molecule has 1 aromatic heterocycles. The summed E-state index contributed by atoms with van der Waals surface area (Å²) in [6, 6.07) is 3.97. The number of ketones is 1. The predicted molar refractivity (Wildman–Crippen MR) is 63.6 cm³/mol. The van der Waals surface area contributed by atoms with Gasteiger partial charge in [-0.1, -0.05) is 0 Å². The van der Waals surface area contributed by atoms with Gasteiger partial charge in [-0.15, -0.1) is 11.3 Å². The molecule has 0 saturated carbocycles. The molecule has 1 aromatic rings. The number of hydrogen-bond donors (Lipinski definition) is 1. The van der Waals surface area contributed by atoms with Gasteiger partial charge in [0.2, 0.25) is 0 Å². The Morgan fingerprint density at radius 3 is 2.79 bits per heavy atom. The average Bonchev–Trinajstić information content (AvgIpc) is 2.52. The third-order valence-electron chi connectivity index (χ3n) is 1.91. The topological polar surface area (TPSA) is 43.1 Å². The fourth-order valence-corrected chi connectivity index (χ4v) is 2.71. The van der Waals surface area contributed by atoms with Gasteiger partial charge in [-0.3, -0.25) is 4.79 Å². The number of thiophene rings is 1. The Morgan fingerprint density at radius 1 is 1.43 bits per heavy atom. The number of carbonyl (C=O) groups excluding carboxylic acids is 1. The molecule has 0 aromatic carbocycles. The summed E-state index contributed by atoms with van der Waals surface area (Å²) in [7, 11) is 0. The van der Waals surface area contributed by atoms with Crippen LogP contribution < -0.4 is 5.73 Å². The van der Waals surface area contributed by atoms with Crippen molar-refractivity contribution in [3.63, 3.8) is 0 Å². The highest BCUT2D eigenvalue weighted by atomic mass is 79.9. The van der Waals surface area contributed by atoms with E-state index in [9.17, 15) is 4.79 Å². The van der Waals surface area contributed by atoms with E-state index in [0.29, 0.717) is 25.2 Å². The van der Waals surface area contributed by atoms with E-state index in [0.717, 1.165) is 21.5 Å². The Labute approximate surface area is 96.6 Å². The van der Waals surface area contributed by atoms with E-state index in [-0.39, 0.29) is 0 Å². The van der Waals surface area contributed by atoms with E-state index >= 15 is 0 Å². The van der Waals surface area contributed by atoms with Crippen molar-refractivity contribution in [2.75, 3.05) is 6.54 Å². The van der Waals surface area contributed by atoms with Crippen molar-refractivity contribution in [2.45, 2.75) is 25.7 Å². The molecular weight excluding hydrogens is 262 g/mol. The van der Waals surface area contributed by atoms with Crippen LogP contribution in [-0.2, 0) is 11.2 Å². The van der Waals surface area contributed by atoms with Crippen LogP contribution in [0.15, 0.2) is 15.9 Å². The van der Waals surface area contributed by atoms with Crippen LogP contribution in [0.25, 0.3) is 0 Å². The first-order chi connectivity index (χ1) is 6.72. The first kappa shape index (κ1) is 11.9. The van der Waals surface area contributed by atoms with Gasteiger partial charge < -0.3 is 5.73 Å². The summed E-state index contributed by atoms with van der Waals surface area (Å²) in [6.45, 7) is 0.678. The van der Waals surface area contributed by atoms with Crippen molar-refractivity contribution in [1.29, 1.82) is 0 Å². The summed E-state index contributed by atoms with van der Waals surface area (Å²) in [5.41, 5.74) is 5.36. The van der Waals surface area contributed by atoms with E-state index in [1.807, 2.05) is 12.1 Å². The van der Waals surface area contributed by atoms with Gasteiger partial charge in [-0.25, -0.2) is 0 Å². The third-order valence-corrected chi connectivity index (χ3v) is 3.53. The van der Waals surface area contributed by atoms with Crippen molar-refractivity contribution in [3.8, 4) is 0 Å². The number of hydrogen-bond acceptors (Lipinski definition) is 3. The fourth-order valence-electron chi connectivity index (χ4n) is 1.20. The lowest BCUT2D eigenvalue weighted by molar-refractivity contribution is -0.118. The molecule has 0 fully saturated rings. The van der Waals surface area contributed by atoms with E-state index in [2.05, 4.69) is 15.9 Å². The third kappa shape index (κ3) is 4.35. The van der Waals surface area contributed by atoms with E-state index in [1.165, 1.54) is 0 Å².